The molecule has 2 atom stereocenters. The summed E-state index contributed by atoms with van der Waals surface area (Å²) >= 11 is 0. The monoisotopic (exact) mass is 317 g/mol. The van der Waals surface area contributed by atoms with E-state index in [0.717, 1.165) is 38.5 Å². The third-order valence-electron chi connectivity index (χ3n) is 4.67. The number of ketones is 1. The first kappa shape index (κ1) is 16.9. The van der Waals surface area contributed by atoms with Gasteiger partial charge in [-0.3, -0.25) is 4.79 Å². The Morgan fingerprint density at radius 3 is 2.67 bits per heavy atom. The van der Waals surface area contributed by atoms with Gasteiger partial charge in [0, 0.05) is 38.6 Å². The van der Waals surface area contributed by atoms with Crippen molar-refractivity contribution >= 4 is 15.8 Å². The van der Waals surface area contributed by atoms with E-state index in [-0.39, 0.29) is 23.5 Å². The van der Waals surface area contributed by atoms with E-state index in [1.165, 1.54) is 0 Å². The largest absolute Gasteiger partial charge is 0.385 e. The highest BCUT2D eigenvalue weighted by Gasteiger charge is 2.40. The van der Waals surface area contributed by atoms with Crippen molar-refractivity contribution in [1.82, 2.24) is 4.31 Å². The highest BCUT2D eigenvalue weighted by Crippen LogP contribution is 2.33. The number of methoxy groups -OCH3 is 1. The van der Waals surface area contributed by atoms with Crippen molar-refractivity contribution in [3.63, 3.8) is 0 Å². The summed E-state index contributed by atoms with van der Waals surface area (Å²) in [5.41, 5.74) is 0. The van der Waals surface area contributed by atoms with Crippen LogP contribution in [-0.2, 0) is 19.6 Å². The Labute approximate surface area is 128 Å². The van der Waals surface area contributed by atoms with Gasteiger partial charge in [0.2, 0.25) is 10.0 Å². The van der Waals surface area contributed by atoms with E-state index in [0.29, 0.717) is 26.0 Å². The summed E-state index contributed by atoms with van der Waals surface area (Å²) in [4.78, 5) is 12.2. The maximum Gasteiger partial charge on any atom is 0.214 e. The van der Waals surface area contributed by atoms with Crippen LogP contribution in [0.1, 0.15) is 51.4 Å². The summed E-state index contributed by atoms with van der Waals surface area (Å²) in [6.45, 7) is 1.03. The molecule has 1 aliphatic heterocycles. The number of hydrogen-bond acceptors (Lipinski definition) is 4. The van der Waals surface area contributed by atoms with Crippen molar-refractivity contribution in [3.05, 3.63) is 0 Å². The molecule has 0 aromatic carbocycles. The number of Topliss-reactive ketones (excluding diaryl/α,β-unsaturated/α-hetero) is 1. The zero-order valence-corrected chi connectivity index (χ0v) is 13.7. The van der Waals surface area contributed by atoms with E-state index in [4.69, 9.17) is 4.74 Å². The van der Waals surface area contributed by atoms with Crippen LogP contribution in [0.2, 0.25) is 0 Å². The summed E-state index contributed by atoms with van der Waals surface area (Å²) in [5, 5.41) is 0. The second kappa shape index (κ2) is 7.70. The summed E-state index contributed by atoms with van der Waals surface area (Å²) in [7, 11) is -1.70. The zero-order valence-electron chi connectivity index (χ0n) is 12.9. The first-order valence-electron chi connectivity index (χ1n) is 8.07. The molecule has 1 saturated carbocycles. The highest BCUT2D eigenvalue weighted by atomic mass is 32.2. The average Bonchev–Trinajstić information content (AvgIpc) is 2.48. The summed E-state index contributed by atoms with van der Waals surface area (Å²) < 4.78 is 31.7. The fourth-order valence-electron chi connectivity index (χ4n) is 3.60. The predicted octanol–water partition coefficient (Wildman–Crippen LogP) is 1.97. The third-order valence-corrected chi connectivity index (χ3v) is 6.65. The first-order chi connectivity index (χ1) is 10.1. The van der Waals surface area contributed by atoms with Gasteiger partial charge in [-0.15, -0.1) is 0 Å². The Morgan fingerprint density at radius 2 is 1.95 bits per heavy atom. The number of piperidine rings is 1. The van der Waals surface area contributed by atoms with E-state index >= 15 is 0 Å². The van der Waals surface area contributed by atoms with Crippen LogP contribution in [0.5, 0.6) is 0 Å². The van der Waals surface area contributed by atoms with Gasteiger partial charge in [-0.1, -0.05) is 12.8 Å². The molecule has 21 heavy (non-hydrogen) atoms. The Balaban J connectivity index is 2.09. The van der Waals surface area contributed by atoms with Gasteiger partial charge in [0.1, 0.15) is 5.78 Å². The molecule has 2 unspecified atom stereocenters. The Hall–Kier alpha value is -0.460. The molecule has 6 heteroatoms. The van der Waals surface area contributed by atoms with Crippen LogP contribution < -0.4 is 0 Å². The standard InChI is InChI=1S/C15H27NO4S/c1-20-11-6-12-21(18,19)16-10-5-4-8-14(16)13-7-2-3-9-15(13)17/h13-14H,2-12H2,1H3. The number of hydrogen-bond donors (Lipinski definition) is 0. The molecular formula is C15H27NO4S. The summed E-state index contributed by atoms with van der Waals surface area (Å²) in [6, 6.07) is -0.0981. The van der Waals surface area contributed by atoms with E-state index in [1.807, 2.05) is 0 Å². The highest BCUT2D eigenvalue weighted by molar-refractivity contribution is 7.89. The van der Waals surface area contributed by atoms with Gasteiger partial charge in [-0.05, 0) is 32.1 Å². The van der Waals surface area contributed by atoms with Crippen LogP contribution in [0, 0.1) is 5.92 Å². The number of carbonyl (C=O) groups excluding carboxylic acids is 1. The van der Waals surface area contributed by atoms with Crippen LogP contribution in [-0.4, -0.2) is 50.6 Å². The van der Waals surface area contributed by atoms with Crippen molar-refractivity contribution in [3.8, 4) is 0 Å². The quantitative estimate of drug-likeness (QED) is 0.703. The lowest BCUT2D eigenvalue weighted by Crippen LogP contribution is -2.50. The van der Waals surface area contributed by atoms with Crippen molar-refractivity contribution < 1.29 is 17.9 Å². The topological polar surface area (TPSA) is 63.7 Å². The smallest absolute Gasteiger partial charge is 0.214 e. The number of rotatable bonds is 6. The maximum absolute atomic E-state index is 12.6. The minimum Gasteiger partial charge on any atom is -0.385 e. The summed E-state index contributed by atoms with van der Waals surface area (Å²) in [5.74, 6) is 0.319. The molecule has 0 aromatic rings. The number of ether oxygens (including phenoxy) is 1. The molecule has 0 amide bonds. The molecule has 2 aliphatic rings. The fraction of sp³-hybridized carbons (Fsp3) is 0.933. The van der Waals surface area contributed by atoms with Gasteiger partial charge in [0.15, 0.2) is 0 Å². The van der Waals surface area contributed by atoms with Gasteiger partial charge in [0.25, 0.3) is 0 Å². The first-order valence-corrected chi connectivity index (χ1v) is 9.68. The molecule has 2 fully saturated rings. The van der Waals surface area contributed by atoms with Crippen molar-refractivity contribution in [2.24, 2.45) is 5.92 Å². The van der Waals surface area contributed by atoms with E-state index in [2.05, 4.69) is 0 Å². The molecule has 0 radical (unpaired) electrons. The zero-order chi connectivity index (χ0) is 15.3. The van der Waals surface area contributed by atoms with Crippen molar-refractivity contribution in [1.29, 1.82) is 0 Å². The van der Waals surface area contributed by atoms with Crippen molar-refractivity contribution in [2.75, 3.05) is 26.0 Å². The SMILES string of the molecule is COCCCS(=O)(=O)N1CCCCC1C1CCCCC1=O. The molecular weight excluding hydrogens is 290 g/mol. The van der Waals surface area contributed by atoms with E-state index < -0.39 is 10.0 Å². The van der Waals surface area contributed by atoms with Crippen LogP contribution in [0.15, 0.2) is 0 Å². The molecule has 1 saturated heterocycles. The van der Waals surface area contributed by atoms with Crippen LogP contribution in [0.25, 0.3) is 0 Å². The number of sulfonamides is 1. The molecule has 0 aromatic heterocycles. The van der Waals surface area contributed by atoms with Crippen LogP contribution in [0.4, 0.5) is 0 Å². The molecule has 1 heterocycles. The van der Waals surface area contributed by atoms with Gasteiger partial charge < -0.3 is 4.74 Å². The maximum atomic E-state index is 12.6. The molecule has 1 aliphatic carbocycles. The summed E-state index contributed by atoms with van der Waals surface area (Å²) in [6.07, 6.45) is 6.76. The predicted molar refractivity (Wildman–Crippen MR) is 81.6 cm³/mol. The van der Waals surface area contributed by atoms with Crippen LogP contribution >= 0.6 is 0 Å². The Bertz CT molecular complexity index is 449. The van der Waals surface area contributed by atoms with E-state index in [1.54, 1.807) is 11.4 Å². The fourth-order valence-corrected chi connectivity index (χ4v) is 5.39. The average molecular weight is 317 g/mol. The lowest BCUT2D eigenvalue weighted by Gasteiger charge is -2.40. The molecule has 0 bridgehead atoms. The van der Waals surface area contributed by atoms with Gasteiger partial charge in [-0.2, -0.15) is 4.31 Å². The van der Waals surface area contributed by atoms with Crippen molar-refractivity contribution in [2.45, 2.75) is 57.4 Å². The minimum atomic E-state index is -3.28. The molecule has 0 spiro atoms. The van der Waals surface area contributed by atoms with Gasteiger partial charge in [0.05, 0.1) is 5.75 Å². The number of carbonyl (C=O) groups is 1. The van der Waals surface area contributed by atoms with E-state index in [9.17, 15) is 13.2 Å². The Morgan fingerprint density at radius 1 is 1.19 bits per heavy atom. The molecule has 5 nitrogen and oxygen atoms in total. The normalized spacial score (nSPS) is 28.7. The second-order valence-electron chi connectivity index (χ2n) is 6.15. The van der Waals surface area contributed by atoms with Gasteiger partial charge >= 0.3 is 0 Å². The van der Waals surface area contributed by atoms with Gasteiger partial charge in [-0.25, -0.2) is 8.42 Å². The molecule has 2 rings (SSSR count). The minimum absolute atomic E-state index is 0.0729. The molecule has 0 N–H and O–H groups in total. The van der Waals surface area contributed by atoms with Crippen LogP contribution in [0.3, 0.4) is 0 Å². The number of nitrogens with zero attached hydrogens (tertiary/aromatic N) is 1. The lowest BCUT2D eigenvalue weighted by atomic mass is 9.80. The lowest BCUT2D eigenvalue weighted by molar-refractivity contribution is -0.126. The Kier molecular flexibility index (Phi) is 6.20. The molecule has 122 valence electrons. The second-order valence-corrected chi connectivity index (χ2v) is 8.20. The third kappa shape index (κ3) is 4.27.